The maximum atomic E-state index is 13.0. The van der Waals surface area contributed by atoms with Crippen molar-refractivity contribution in [2.45, 2.75) is 45.3 Å². The van der Waals surface area contributed by atoms with Crippen LogP contribution in [0.2, 0.25) is 0 Å². The van der Waals surface area contributed by atoms with Crippen molar-refractivity contribution in [2.75, 3.05) is 20.1 Å². The summed E-state index contributed by atoms with van der Waals surface area (Å²) in [5, 5.41) is 3.14. The number of carbonyl (C=O) groups is 1. The Labute approximate surface area is 166 Å². The lowest BCUT2D eigenvalue weighted by atomic mass is 10.0. The molecular formula is C22H29FN4O. The smallest absolute Gasteiger partial charge is 0.317 e. The molecule has 3 rings (SSSR count). The van der Waals surface area contributed by atoms with Gasteiger partial charge in [-0.25, -0.2) is 9.18 Å². The zero-order valence-electron chi connectivity index (χ0n) is 16.7. The number of amides is 2. The predicted molar refractivity (Wildman–Crippen MR) is 108 cm³/mol. The molecule has 1 aliphatic heterocycles. The molecule has 150 valence electrons. The highest BCUT2D eigenvalue weighted by Crippen LogP contribution is 2.15. The number of hydrogen-bond acceptors (Lipinski definition) is 3. The van der Waals surface area contributed by atoms with Crippen molar-refractivity contribution in [1.29, 1.82) is 0 Å². The maximum absolute atomic E-state index is 13.0. The van der Waals surface area contributed by atoms with Gasteiger partial charge in [0.05, 0.1) is 12.2 Å². The zero-order valence-corrected chi connectivity index (χ0v) is 16.7. The third-order valence-electron chi connectivity index (χ3n) is 5.27. The fraction of sp³-hybridized carbons (Fsp3) is 0.455. The Morgan fingerprint density at radius 1 is 1.18 bits per heavy atom. The van der Waals surface area contributed by atoms with E-state index in [1.165, 1.54) is 17.7 Å². The van der Waals surface area contributed by atoms with Gasteiger partial charge < -0.3 is 10.2 Å². The summed E-state index contributed by atoms with van der Waals surface area (Å²) in [5.41, 5.74) is 3.21. The topological polar surface area (TPSA) is 48.5 Å². The average Bonchev–Trinajstić information content (AvgIpc) is 2.71. The highest BCUT2D eigenvalue weighted by molar-refractivity contribution is 5.74. The molecule has 1 saturated heterocycles. The molecule has 0 radical (unpaired) electrons. The molecule has 6 heteroatoms. The summed E-state index contributed by atoms with van der Waals surface area (Å²) in [5.74, 6) is -0.203. The van der Waals surface area contributed by atoms with Crippen LogP contribution in [0.3, 0.4) is 0 Å². The van der Waals surface area contributed by atoms with Gasteiger partial charge in [0.2, 0.25) is 0 Å². The minimum Gasteiger partial charge on any atom is -0.335 e. The molecule has 2 heterocycles. The van der Waals surface area contributed by atoms with Crippen LogP contribution < -0.4 is 5.32 Å². The van der Waals surface area contributed by atoms with E-state index in [0.717, 1.165) is 50.2 Å². The van der Waals surface area contributed by atoms with Gasteiger partial charge in [-0.15, -0.1) is 0 Å². The predicted octanol–water partition coefficient (Wildman–Crippen LogP) is 3.59. The largest absolute Gasteiger partial charge is 0.335 e. The summed E-state index contributed by atoms with van der Waals surface area (Å²) >= 11 is 0. The van der Waals surface area contributed by atoms with Crippen LogP contribution in [0.4, 0.5) is 9.18 Å². The van der Waals surface area contributed by atoms with Crippen LogP contribution in [0.15, 0.2) is 42.6 Å². The second-order valence-electron chi connectivity index (χ2n) is 7.49. The Kier molecular flexibility index (Phi) is 6.98. The molecule has 28 heavy (non-hydrogen) atoms. The fourth-order valence-electron chi connectivity index (χ4n) is 3.44. The second-order valence-corrected chi connectivity index (χ2v) is 7.49. The molecular weight excluding hydrogens is 355 g/mol. The first kappa shape index (κ1) is 20.3. The van der Waals surface area contributed by atoms with Gasteiger partial charge in [-0.05, 0) is 48.6 Å². The van der Waals surface area contributed by atoms with Crippen molar-refractivity contribution >= 4 is 6.03 Å². The van der Waals surface area contributed by atoms with Crippen molar-refractivity contribution in [3.63, 3.8) is 0 Å². The molecule has 1 aliphatic rings. The summed E-state index contributed by atoms with van der Waals surface area (Å²) in [4.78, 5) is 20.9. The first-order chi connectivity index (χ1) is 13.5. The third kappa shape index (κ3) is 5.76. The summed E-state index contributed by atoms with van der Waals surface area (Å²) in [6.45, 7) is 5.26. The molecule has 0 saturated carbocycles. The van der Waals surface area contributed by atoms with E-state index in [2.05, 4.69) is 28.2 Å². The number of benzene rings is 1. The lowest BCUT2D eigenvalue weighted by molar-refractivity contribution is 0.173. The van der Waals surface area contributed by atoms with Gasteiger partial charge in [-0.2, -0.15) is 0 Å². The maximum Gasteiger partial charge on any atom is 0.317 e. The molecule has 0 spiro atoms. The van der Waals surface area contributed by atoms with Crippen LogP contribution in [0, 0.1) is 5.82 Å². The number of nitrogens with zero attached hydrogens (tertiary/aromatic N) is 3. The standard InChI is InChI=1S/C22H29FN4O/c1-3-17-6-9-21(24-14-17)16-26(2)22(28)25-20-10-12-27(13-11-20)15-18-4-7-19(23)8-5-18/h4-9,14,20H,3,10-13,15-16H2,1-2H3,(H,25,28). The number of aryl methyl sites for hydroxylation is 1. The monoisotopic (exact) mass is 384 g/mol. The minimum atomic E-state index is -0.203. The van der Waals surface area contributed by atoms with Gasteiger partial charge >= 0.3 is 6.03 Å². The summed E-state index contributed by atoms with van der Waals surface area (Å²) < 4.78 is 13.0. The number of hydrogen-bond donors (Lipinski definition) is 1. The first-order valence-corrected chi connectivity index (χ1v) is 9.95. The number of urea groups is 1. The van der Waals surface area contributed by atoms with Crippen LogP contribution in [0.1, 0.15) is 36.6 Å². The highest BCUT2D eigenvalue weighted by Gasteiger charge is 2.22. The van der Waals surface area contributed by atoms with Gasteiger partial charge in [0.1, 0.15) is 5.82 Å². The van der Waals surface area contributed by atoms with Gasteiger partial charge in [0.15, 0.2) is 0 Å². The van der Waals surface area contributed by atoms with E-state index < -0.39 is 0 Å². The molecule has 1 N–H and O–H groups in total. The molecule has 1 aromatic carbocycles. The number of carbonyl (C=O) groups excluding carboxylic acids is 1. The first-order valence-electron chi connectivity index (χ1n) is 9.95. The highest BCUT2D eigenvalue weighted by atomic mass is 19.1. The van der Waals surface area contributed by atoms with Crippen molar-refractivity contribution in [1.82, 2.24) is 20.1 Å². The Hall–Kier alpha value is -2.47. The van der Waals surface area contributed by atoms with Gasteiger partial charge in [0, 0.05) is 38.9 Å². The summed E-state index contributed by atoms with van der Waals surface area (Å²) in [6.07, 6.45) is 4.68. The number of rotatable bonds is 6. The molecule has 0 aliphatic carbocycles. The van der Waals surface area contributed by atoms with E-state index in [9.17, 15) is 9.18 Å². The molecule has 0 bridgehead atoms. The lowest BCUT2D eigenvalue weighted by Crippen LogP contribution is -2.48. The van der Waals surface area contributed by atoms with Crippen LogP contribution in [-0.4, -0.2) is 47.0 Å². The average molecular weight is 384 g/mol. The number of piperidine rings is 1. The Morgan fingerprint density at radius 3 is 2.46 bits per heavy atom. The number of nitrogens with one attached hydrogen (secondary N) is 1. The second kappa shape index (κ2) is 9.64. The fourth-order valence-corrected chi connectivity index (χ4v) is 3.44. The number of aromatic nitrogens is 1. The molecule has 0 atom stereocenters. The zero-order chi connectivity index (χ0) is 19.9. The Bertz CT molecular complexity index is 755. The molecule has 2 aromatic rings. The Balaban J connectivity index is 1.41. The van der Waals surface area contributed by atoms with Gasteiger partial charge in [-0.1, -0.05) is 25.1 Å². The van der Waals surface area contributed by atoms with E-state index >= 15 is 0 Å². The molecule has 5 nitrogen and oxygen atoms in total. The lowest BCUT2D eigenvalue weighted by Gasteiger charge is -2.33. The van der Waals surface area contributed by atoms with Crippen LogP contribution in [0.5, 0.6) is 0 Å². The number of pyridine rings is 1. The van der Waals surface area contributed by atoms with Crippen molar-refractivity contribution in [3.8, 4) is 0 Å². The molecule has 0 unspecified atom stereocenters. The summed E-state index contributed by atoms with van der Waals surface area (Å²) in [7, 11) is 1.80. The van der Waals surface area contributed by atoms with Gasteiger partial charge in [0.25, 0.3) is 0 Å². The van der Waals surface area contributed by atoms with E-state index in [4.69, 9.17) is 0 Å². The van der Waals surface area contributed by atoms with E-state index in [1.807, 2.05) is 24.4 Å². The van der Waals surface area contributed by atoms with Crippen LogP contribution in [-0.2, 0) is 19.5 Å². The molecule has 2 amide bonds. The SMILES string of the molecule is CCc1ccc(CN(C)C(=O)NC2CCN(Cc3ccc(F)cc3)CC2)nc1. The number of halogens is 1. The minimum absolute atomic E-state index is 0.0571. The molecule has 1 fully saturated rings. The van der Waals surface area contributed by atoms with E-state index in [0.29, 0.717) is 6.54 Å². The normalized spacial score (nSPS) is 15.4. The van der Waals surface area contributed by atoms with Crippen molar-refractivity contribution in [3.05, 3.63) is 65.2 Å². The van der Waals surface area contributed by atoms with Crippen LogP contribution >= 0.6 is 0 Å². The third-order valence-corrected chi connectivity index (χ3v) is 5.27. The van der Waals surface area contributed by atoms with E-state index in [1.54, 1.807) is 11.9 Å². The molecule has 1 aromatic heterocycles. The number of likely N-dealkylation sites (tertiary alicyclic amines) is 1. The van der Waals surface area contributed by atoms with Crippen molar-refractivity contribution in [2.24, 2.45) is 0 Å². The van der Waals surface area contributed by atoms with Gasteiger partial charge in [-0.3, -0.25) is 9.88 Å². The quantitative estimate of drug-likeness (QED) is 0.828. The Morgan fingerprint density at radius 2 is 1.86 bits per heavy atom. The van der Waals surface area contributed by atoms with E-state index in [-0.39, 0.29) is 17.9 Å². The van der Waals surface area contributed by atoms with Crippen LogP contribution in [0.25, 0.3) is 0 Å². The van der Waals surface area contributed by atoms with Crippen molar-refractivity contribution < 1.29 is 9.18 Å². The summed E-state index contributed by atoms with van der Waals surface area (Å²) in [6, 6.07) is 10.8.